The first kappa shape index (κ1) is 17.8. The number of rotatable bonds is 3. The number of hydrogen-bond acceptors (Lipinski definition) is 7. The molecule has 0 amide bonds. The Bertz CT molecular complexity index is 808. The van der Waals surface area contributed by atoms with E-state index in [4.69, 9.17) is 22.1 Å². The molecule has 2 aliphatic heterocycles. The van der Waals surface area contributed by atoms with Crippen molar-refractivity contribution in [2.45, 2.75) is 29.2 Å². The Morgan fingerprint density at radius 2 is 2.08 bits per heavy atom. The SMILES string of the molecule is Nc1nc(N2CCC3(CCOC3)CC2)cnc1Sc1ccnc(F)c1Cl. The second-order valence-corrected chi connectivity index (χ2v) is 8.13. The van der Waals surface area contributed by atoms with Crippen LogP contribution in [0.1, 0.15) is 19.3 Å². The Hall–Kier alpha value is -1.64. The lowest BCUT2D eigenvalue weighted by atomic mass is 9.78. The maximum atomic E-state index is 13.5. The Morgan fingerprint density at radius 1 is 1.27 bits per heavy atom. The fraction of sp³-hybridized carbons (Fsp3) is 0.471. The van der Waals surface area contributed by atoms with E-state index >= 15 is 0 Å². The van der Waals surface area contributed by atoms with Gasteiger partial charge < -0.3 is 15.4 Å². The molecule has 4 heterocycles. The summed E-state index contributed by atoms with van der Waals surface area (Å²) in [7, 11) is 0. The van der Waals surface area contributed by atoms with E-state index < -0.39 is 5.95 Å². The van der Waals surface area contributed by atoms with Gasteiger partial charge in [-0.25, -0.2) is 15.0 Å². The number of pyridine rings is 1. The van der Waals surface area contributed by atoms with Crippen molar-refractivity contribution in [3.05, 3.63) is 29.4 Å². The standard InChI is InChI=1S/C17H19ClFN5OS/c18-13-11(1-5-21-14(13)19)26-16-15(20)23-12(9-22-16)24-6-2-17(3-7-24)4-8-25-10-17/h1,5,9H,2-4,6-8,10H2,(H2,20,23). The topological polar surface area (TPSA) is 77.2 Å². The van der Waals surface area contributed by atoms with Crippen molar-refractivity contribution in [3.63, 3.8) is 0 Å². The van der Waals surface area contributed by atoms with Gasteiger partial charge in [-0.1, -0.05) is 23.4 Å². The van der Waals surface area contributed by atoms with E-state index in [0.717, 1.165) is 51.4 Å². The highest BCUT2D eigenvalue weighted by Crippen LogP contribution is 2.40. The van der Waals surface area contributed by atoms with E-state index in [2.05, 4.69) is 19.9 Å². The van der Waals surface area contributed by atoms with Crippen molar-refractivity contribution in [2.24, 2.45) is 5.41 Å². The fourth-order valence-electron chi connectivity index (χ4n) is 3.45. The number of aromatic nitrogens is 3. The second kappa shape index (κ2) is 7.17. The molecule has 2 aromatic rings. The van der Waals surface area contributed by atoms with Crippen molar-refractivity contribution < 1.29 is 9.13 Å². The van der Waals surface area contributed by atoms with Gasteiger partial charge in [0.25, 0.3) is 0 Å². The van der Waals surface area contributed by atoms with Crippen LogP contribution in [0.15, 0.2) is 28.4 Å². The number of nitrogens with two attached hydrogens (primary N) is 1. The molecule has 0 unspecified atom stereocenters. The first-order valence-corrected chi connectivity index (χ1v) is 9.69. The summed E-state index contributed by atoms with van der Waals surface area (Å²) in [6.07, 6.45) is 6.41. The molecule has 2 aliphatic rings. The molecule has 0 bridgehead atoms. The minimum absolute atomic E-state index is 0.0390. The largest absolute Gasteiger partial charge is 0.381 e. The van der Waals surface area contributed by atoms with Gasteiger partial charge in [0.05, 0.1) is 12.8 Å². The number of nitrogens with zero attached hydrogens (tertiary/aromatic N) is 4. The zero-order valence-corrected chi connectivity index (χ0v) is 15.7. The minimum Gasteiger partial charge on any atom is -0.381 e. The molecule has 0 aliphatic carbocycles. The van der Waals surface area contributed by atoms with Crippen LogP contribution in [0.2, 0.25) is 5.02 Å². The Morgan fingerprint density at radius 3 is 2.77 bits per heavy atom. The highest BCUT2D eigenvalue weighted by atomic mass is 35.5. The summed E-state index contributed by atoms with van der Waals surface area (Å²) in [5, 5.41) is 0.460. The van der Waals surface area contributed by atoms with Crippen molar-refractivity contribution in [3.8, 4) is 0 Å². The van der Waals surface area contributed by atoms with Crippen LogP contribution in [0.25, 0.3) is 0 Å². The normalized spacial score (nSPS) is 19.2. The summed E-state index contributed by atoms with van der Waals surface area (Å²) in [4.78, 5) is 15.1. The summed E-state index contributed by atoms with van der Waals surface area (Å²) in [6.45, 7) is 3.58. The van der Waals surface area contributed by atoms with Crippen molar-refractivity contribution in [1.82, 2.24) is 15.0 Å². The molecule has 1 spiro atoms. The lowest BCUT2D eigenvalue weighted by Crippen LogP contribution is -2.41. The van der Waals surface area contributed by atoms with Gasteiger partial charge in [-0.3, -0.25) is 0 Å². The van der Waals surface area contributed by atoms with Gasteiger partial charge in [0.1, 0.15) is 15.9 Å². The predicted molar refractivity (Wildman–Crippen MR) is 99.1 cm³/mol. The highest BCUT2D eigenvalue weighted by Gasteiger charge is 2.38. The minimum atomic E-state index is -0.710. The molecule has 0 aromatic carbocycles. The van der Waals surface area contributed by atoms with Crippen LogP contribution in [0, 0.1) is 11.4 Å². The number of ether oxygens (including phenoxy) is 1. The van der Waals surface area contributed by atoms with Crippen LogP contribution < -0.4 is 10.6 Å². The molecular formula is C17H19ClFN5OS. The molecule has 2 aromatic heterocycles. The molecule has 2 N–H and O–H groups in total. The van der Waals surface area contributed by atoms with Crippen LogP contribution in [-0.2, 0) is 4.74 Å². The van der Waals surface area contributed by atoms with Gasteiger partial charge in [-0.2, -0.15) is 4.39 Å². The number of anilines is 2. The Balaban J connectivity index is 1.47. The lowest BCUT2D eigenvalue weighted by molar-refractivity contribution is 0.133. The van der Waals surface area contributed by atoms with Crippen molar-refractivity contribution in [2.75, 3.05) is 36.9 Å². The smallest absolute Gasteiger partial charge is 0.232 e. The molecule has 2 saturated heterocycles. The van der Waals surface area contributed by atoms with Crippen LogP contribution in [-0.4, -0.2) is 41.3 Å². The van der Waals surface area contributed by atoms with Crippen LogP contribution in [0.4, 0.5) is 16.0 Å². The maximum Gasteiger partial charge on any atom is 0.232 e. The first-order valence-electron chi connectivity index (χ1n) is 8.49. The average molecular weight is 396 g/mol. The van der Waals surface area contributed by atoms with E-state index in [0.29, 0.717) is 21.2 Å². The van der Waals surface area contributed by atoms with Crippen LogP contribution >= 0.6 is 23.4 Å². The summed E-state index contributed by atoms with van der Waals surface area (Å²) in [5.74, 6) is 0.371. The third kappa shape index (κ3) is 3.45. The van der Waals surface area contributed by atoms with Gasteiger partial charge in [0, 0.05) is 30.8 Å². The van der Waals surface area contributed by atoms with Gasteiger partial charge in [-0.15, -0.1) is 0 Å². The maximum absolute atomic E-state index is 13.5. The van der Waals surface area contributed by atoms with Crippen LogP contribution in [0.5, 0.6) is 0 Å². The van der Waals surface area contributed by atoms with Crippen molar-refractivity contribution in [1.29, 1.82) is 0 Å². The zero-order chi connectivity index (χ0) is 18.1. The molecule has 0 saturated carbocycles. The van der Waals surface area contributed by atoms with E-state index in [1.165, 1.54) is 18.0 Å². The second-order valence-electron chi connectivity index (χ2n) is 6.72. The van der Waals surface area contributed by atoms with Gasteiger partial charge >= 0.3 is 0 Å². The zero-order valence-electron chi connectivity index (χ0n) is 14.1. The molecule has 0 atom stereocenters. The third-order valence-electron chi connectivity index (χ3n) is 5.10. The highest BCUT2D eigenvalue weighted by molar-refractivity contribution is 7.99. The van der Waals surface area contributed by atoms with E-state index in [-0.39, 0.29) is 5.02 Å². The molecule has 26 heavy (non-hydrogen) atoms. The summed E-state index contributed by atoms with van der Waals surface area (Å²) in [6, 6.07) is 1.62. The number of hydrogen-bond donors (Lipinski definition) is 1. The summed E-state index contributed by atoms with van der Waals surface area (Å²) >= 11 is 7.12. The summed E-state index contributed by atoms with van der Waals surface area (Å²) in [5.41, 5.74) is 6.43. The van der Waals surface area contributed by atoms with Crippen LogP contribution in [0.3, 0.4) is 0 Å². The average Bonchev–Trinajstić information content (AvgIpc) is 3.09. The Kier molecular flexibility index (Phi) is 4.90. The molecule has 0 radical (unpaired) electrons. The van der Waals surface area contributed by atoms with Gasteiger partial charge in [0.2, 0.25) is 5.95 Å². The van der Waals surface area contributed by atoms with E-state index in [1.807, 2.05) is 0 Å². The quantitative estimate of drug-likeness (QED) is 0.798. The molecular weight excluding hydrogens is 377 g/mol. The molecule has 6 nitrogen and oxygen atoms in total. The number of halogens is 2. The monoisotopic (exact) mass is 395 g/mol. The Labute approximate surface area is 160 Å². The van der Waals surface area contributed by atoms with Crippen molar-refractivity contribution >= 4 is 35.0 Å². The van der Waals surface area contributed by atoms with E-state index in [9.17, 15) is 4.39 Å². The van der Waals surface area contributed by atoms with E-state index in [1.54, 1.807) is 12.3 Å². The van der Waals surface area contributed by atoms with Gasteiger partial charge in [0.15, 0.2) is 5.82 Å². The molecule has 4 rings (SSSR count). The fourth-order valence-corrected chi connectivity index (χ4v) is 4.45. The lowest BCUT2D eigenvalue weighted by Gasteiger charge is -2.38. The molecule has 9 heteroatoms. The number of piperidine rings is 1. The van der Waals surface area contributed by atoms with Gasteiger partial charge in [-0.05, 0) is 30.7 Å². The molecule has 138 valence electrons. The predicted octanol–water partition coefficient (Wildman–Crippen LogP) is 3.40. The third-order valence-corrected chi connectivity index (χ3v) is 6.64. The summed E-state index contributed by atoms with van der Waals surface area (Å²) < 4.78 is 19.1. The molecule has 2 fully saturated rings. The number of nitrogen functional groups attached to an aromatic ring is 1. The first-order chi connectivity index (χ1) is 12.6.